The van der Waals surface area contributed by atoms with E-state index in [9.17, 15) is 0 Å². The molecule has 0 radical (unpaired) electrons. The first-order chi connectivity index (χ1) is 12.7. The number of aliphatic imine (C=N–C) groups is 1. The Balaban J connectivity index is 1.83. The maximum atomic E-state index is 5.24. The number of hydrogen-bond acceptors (Lipinski definition) is 4. The second-order valence-electron chi connectivity index (χ2n) is 6.15. The van der Waals surface area contributed by atoms with Gasteiger partial charge in [0.15, 0.2) is 5.84 Å². The van der Waals surface area contributed by atoms with Crippen LogP contribution in [0.25, 0.3) is 0 Å². The van der Waals surface area contributed by atoms with E-state index in [4.69, 9.17) is 9.73 Å². The fraction of sp³-hybridized carbons (Fsp3) is 0.0909. The number of nitrogens with zero attached hydrogens (tertiary/aromatic N) is 2. The molecule has 0 bridgehead atoms. The highest BCUT2D eigenvalue weighted by molar-refractivity contribution is 6.18. The minimum absolute atomic E-state index is 0.712. The number of rotatable bonds is 3. The lowest BCUT2D eigenvalue weighted by Gasteiger charge is -2.08. The normalized spacial score (nSPS) is 13.0. The van der Waals surface area contributed by atoms with E-state index in [1.54, 1.807) is 7.11 Å². The summed E-state index contributed by atoms with van der Waals surface area (Å²) in [4.78, 5) is 4.83. The number of aryl methyl sites for hydroxylation is 1. The Morgan fingerprint density at radius 3 is 2.35 bits per heavy atom. The standard InChI is InChI=1S/C22H19N3O/c1-15-8-13-20-19(14-15)21(16-6-4-3-5-7-16)24-25-22(23-20)17-9-11-18(26-2)12-10-17/h3-14H,1-2H3,(H,23,25). The van der Waals surface area contributed by atoms with Crippen molar-refractivity contribution in [3.63, 3.8) is 0 Å². The van der Waals surface area contributed by atoms with Crippen molar-refractivity contribution in [2.75, 3.05) is 7.11 Å². The second kappa shape index (κ2) is 6.84. The number of methoxy groups -OCH3 is 1. The first-order valence-electron chi connectivity index (χ1n) is 8.48. The molecule has 3 aromatic rings. The highest BCUT2D eigenvalue weighted by Crippen LogP contribution is 2.27. The van der Waals surface area contributed by atoms with Gasteiger partial charge in [0.1, 0.15) is 5.75 Å². The van der Waals surface area contributed by atoms with Crippen LogP contribution >= 0.6 is 0 Å². The summed E-state index contributed by atoms with van der Waals surface area (Å²) in [5, 5.41) is 4.68. The average Bonchev–Trinajstić information content (AvgIpc) is 2.88. The average molecular weight is 341 g/mol. The predicted molar refractivity (Wildman–Crippen MR) is 106 cm³/mol. The summed E-state index contributed by atoms with van der Waals surface area (Å²) in [5.41, 5.74) is 9.14. The van der Waals surface area contributed by atoms with Crippen molar-refractivity contribution in [1.82, 2.24) is 5.43 Å². The molecule has 0 aromatic heterocycles. The Morgan fingerprint density at radius 2 is 1.62 bits per heavy atom. The van der Waals surface area contributed by atoms with Gasteiger partial charge in [-0.3, -0.25) is 5.43 Å². The Bertz CT molecular complexity index is 990. The van der Waals surface area contributed by atoms with Crippen LogP contribution in [0, 0.1) is 6.92 Å². The van der Waals surface area contributed by atoms with Gasteiger partial charge in [0.25, 0.3) is 0 Å². The Labute approximate surface area is 152 Å². The molecule has 0 atom stereocenters. The first kappa shape index (κ1) is 16.1. The second-order valence-corrected chi connectivity index (χ2v) is 6.15. The summed E-state index contributed by atoms with van der Waals surface area (Å²) in [7, 11) is 1.66. The van der Waals surface area contributed by atoms with Crippen LogP contribution < -0.4 is 10.2 Å². The molecule has 4 rings (SSSR count). The van der Waals surface area contributed by atoms with Crippen LogP contribution in [0.15, 0.2) is 82.9 Å². The van der Waals surface area contributed by atoms with Crippen LogP contribution in [0.1, 0.15) is 22.3 Å². The third-order valence-corrected chi connectivity index (χ3v) is 4.32. The van der Waals surface area contributed by atoms with E-state index in [-0.39, 0.29) is 0 Å². The molecule has 1 N–H and O–H groups in total. The van der Waals surface area contributed by atoms with Crippen molar-refractivity contribution in [1.29, 1.82) is 0 Å². The van der Waals surface area contributed by atoms with Crippen molar-refractivity contribution >= 4 is 17.2 Å². The van der Waals surface area contributed by atoms with Gasteiger partial charge >= 0.3 is 0 Å². The summed E-state index contributed by atoms with van der Waals surface area (Å²) in [5.74, 6) is 1.52. The molecule has 4 heteroatoms. The van der Waals surface area contributed by atoms with E-state index in [2.05, 4.69) is 41.7 Å². The lowest BCUT2D eigenvalue weighted by Crippen LogP contribution is -2.19. The molecule has 4 nitrogen and oxygen atoms in total. The van der Waals surface area contributed by atoms with E-state index in [1.807, 2.05) is 48.5 Å². The summed E-state index contributed by atoms with van der Waals surface area (Å²) in [6.07, 6.45) is 0. The molecule has 26 heavy (non-hydrogen) atoms. The van der Waals surface area contributed by atoms with Crippen molar-refractivity contribution in [3.05, 3.63) is 95.1 Å². The number of fused-ring (bicyclic) bond motifs is 1. The van der Waals surface area contributed by atoms with Crippen molar-refractivity contribution in [2.45, 2.75) is 6.92 Å². The molecular weight excluding hydrogens is 322 g/mol. The maximum absolute atomic E-state index is 5.24. The van der Waals surface area contributed by atoms with Crippen molar-refractivity contribution in [3.8, 4) is 5.75 Å². The Hall–Kier alpha value is -3.40. The van der Waals surface area contributed by atoms with Crippen LogP contribution in [-0.4, -0.2) is 18.7 Å². The number of nitrogens with one attached hydrogen (secondary N) is 1. The van der Waals surface area contributed by atoms with E-state index in [1.165, 1.54) is 5.56 Å². The van der Waals surface area contributed by atoms with Gasteiger partial charge < -0.3 is 4.74 Å². The molecule has 0 aliphatic carbocycles. The highest BCUT2D eigenvalue weighted by Gasteiger charge is 2.17. The van der Waals surface area contributed by atoms with Crippen LogP contribution in [0.4, 0.5) is 5.69 Å². The smallest absolute Gasteiger partial charge is 0.154 e. The van der Waals surface area contributed by atoms with Crippen molar-refractivity contribution < 1.29 is 4.74 Å². The number of benzene rings is 3. The molecular formula is C22H19N3O. The molecule has 1 heterocycles. The topological polar surface area (TPSA) is 46.0 Å². The van der Waals surface area contributed by atoms with Gasteiger partial charge in [-0.05, 0) is 43.3 Å². The monoisotopic (exact) mass is 341 g/mol. The van der Waals surface area contributed by atoms with Gasteiger partial charge in [-0.15, -0.1) is 0 Å². The van der Waals surface area contributed by atoms with E-state index < -0.39 is 0 Å². The number of ether oxygens (including phenoxy) is 1. The molecule has 0 saturated carbocycles. The first-order valence-corrected chi connectivity index (χ1v) is 8.48. The van der Waals surface area contributed by atoms with Crippen LogP contribution in [0.3, 0.4) is 0 Å². The maximum Gasteiger partial charge on any atom is 0.154 e. The lowest BCUT2D eigenvalue weighted by molar-refractivity contribution is 0.415. The molecule has 128 valence electrons. The number of hydrogen-bond donors (Lipinski definition) is 1. The van der Waals surface area contributed by atoms with E-state index in [0.29, 0.717) is 5.84 Å². The molecule has 1 aliphatic rings. The van der Waals surface area contributed by atoms with Gasteiger partial charge in [-0.2, -0.15) is 5.10 Å². The zero-order chi connectivity index (χ0) is 17.9. The van der Waals surface area contributed by atoms with Gasteiger partial charge in [0, 0.05) is 16.7 Å². The SMILES string of the molecule is COc1ccc(C2=Nc3ccc(C)cc3C(c3ccccc3)=NN2)cc1. The molecule has 1 aliphatic heterocycles. The number of hydrazone groups is 1. The molecule has 0 spiro atoms. The number of amidine groups is 1. The predicted octanol–water partition coefficient (Wildman–Crippen LogP) is 4.44. The van der Waals surface area contributed by atoms with Crippen molar-refractivity contribution in [2.24, 2.45) is 10.1 Å². The Kier molecular flexibility index (Phi) is 4.23. The van der Waals surface area contributed by atoms with Crippen LogP contribution in [-0.2, 0) is 0 Å². The molecule has 0 amide bonds. The fourth-order valence-electron chi connectivity index (χ4n) is 2.95. The molecule has 3 aromatic carbocycles. The Morgan fingerprint density at radius 1 is 0.846 bits per heavy atom. The summed E-state index contributed by atoms with van der Waals surface area (Å²) < 4.78 is 5.24. The van der Waals surface area contributed by atoms with Gasteiger partial charge in [0.05, 0.1) is 18.5 Å². The molecule has 0 fully saturated rings. The summed E-state index contributed by atoms with van der Waals surface area (Å²) >= 11 is 0. The van der Waals surface area contributed by atoms with Gasteiger partial charge in [-0.1, -0.05) is 42.0 Å². The third kappa shape index (κ3) is 3.09. The fourth-order valence-corrected chi connectivity index (χ4v) is 2.95. The van der Waals surface area contributed by atoms with Gasteiger partial charge in [0.2, 0.25) is 0 Å². The van der Waals surface area contributed by atoms with Gasteiger partial charge in [-0.25, -0.2) is 4.99 Å². The minimum Gasteiger partial charge on any atom is -0.497 e. The minimum atomic E-state index is 0.712. The summed E-state index contributed by atoms with van der Waals surface area (Å²) in [6, 6.07) is 24.2. The van der Waals surface area contributed by atoms with E-state index in [0.717, 1.165) is 33.8 Å². The third-order valence-electron chi connectivity index (χ3n) is 4.32. The largest absolute Gasteiger partial charge is 0.497 e. The zero-order valence-electron chi connectivity index (χ0n) is 14.7. The summed E-state index contributed by atoms with van der Waals surface area (Å²) in [6.45, 7) is 2.08. The quantitative estimate of drug-likeness (QED) is 0.765. The molecule has 0 unspecified atom stereocenters. The highest BCUT2D eigenvalue weighted by atomic mass is 16.5. The van der Waals surface area contributed by atoms with Crippen LogP contribution in [0.5, 0.6) is 5.75 Å². The molecule has 0 saturated heterocycles. The lowest BCUT2D eigenvalue weighted by atomic mass is 9.99. The van der Waals surface area contributed by atoms with E-state index >= 15 is 0 Å². The van der Waals surface area contributed by atoms with Crippen LogP contribution in [0.2, 0.25) is 0 Å². The zero-order valence-corrected chi connectivity index (χ0v) is 14.7.